The van der Waals surface area contributed by atoms with E-state index in [9.17, 15) is 4.79 Å². The van der Waals surface area contributed by atoms with Crippen LogP contribution in [-0.2, 0) is 11.2 Å². The summed E-state index contributed by atoms with van der Waals surface area (Å²) in [4.78, 5) is 11.8. The summed E-state index contributed by atoms with van der Waals surface area (Å²) < 4.78 is 5.34. The van der Waals surface area contributed by atoms with Crippen molar-refractivity contribution >= 4 is 40.5 Å². The van der Waals surface area contributed by atoms with Gasteiger partial charge in [-0.05, 0) is 61.0 Å². The van der Waals surface area contributed by atoms with Crippen LogP contribution in [0.5, 0.6) is 5.75 Å². The number of anilines is 1. The fourth-order valence-electron chi connectivity index (χ4n) is 2.17. The Morgan fingerprint density at radius 3 is 2.62 bits per heavy atom. The lowest BCUT2D eigenvalue weighted by Crippen LogP contribution is -2.45. The molecule has 3 N–H and O–H groups in total. The third-order valence-electron chi connectivity index (χ3n) is 3.51. The maximum atomic E-state index is 11.8. The second-order valence-corrected chi connectivity index (χ2v) is 6.52. The molecule has 0 unspecified atom stereocenters. The molecule has 0 aliphatic carbocycles. The van der Waals surface area contributed by atoms with Gasteiger partial charge in [-0.15, -0.1) is 0 Å². The lowest BCUT2D eigenvalue weighted by molar-refractivity contribution is -0.123. The van der Waals surface area contributed by atoms with Gasteiger partial charge in [-0.25, -0.2) is 0 Å². The van der Waals surface area contributed by atoms with Crippen LogP contribution in [-0.4, -0.2) is 17.6 Å². The van der Waals surface area contributed by atoms with Gasteiger partial charge in [0, 0.05) is 10.7 Å². The monoisotopic (exact) mass is 391 g/mol. The number of hydrazine groups is 1. The van der Waals surface area contributed by atoms with Crippen molar-refractivity contribution < 1.29 is 9.53 Å². The molecule has 2 aromatic carbocycles. The molecule has 0 aliphatic heterocycles. The Morgan fingerprint density at radius 2 is 1.92 bits per heavy atom. The largest absolute Gasteiger partial charge is 0.484 e. The first-order valence-electron chi connectivity index (χ1n) is 8.40. The van der Waals surface area contributed by atoms with Crippen LogP contribution < -0.4 is 20.9 Å². The molecule has 0 saturated carbocycles. The molecule has 1 amide bonds. The summed E-state index contributed by atoms with van der Waals surface area (Å²) in [7, 11) is 0. The van der Waals surface area contributed by atoms with Gasteiger partial charge in [-0.3, -0.25) is 15.6 Å². The van der Waals surface area contributed by atoms with Crippen LogP contribution in [0.25, 0.3) is 0 Å². The molecule has 0 radical (unpaired) electrons. The van der Waals surface area contributed by atoms with Gasteiger partial charge in [0.2, 0.25) is 0 Å². The zero-order valence-electron chi connectivity index (χ0n) is 14.5. The fourth-order valence-corrected chi connectivity index (χ4v) is 2.52. The molecule has 0 aromatic heterocycles. The molecule has 0 heterocycles. The average Bonchev–Trinajstić information content (AvgIpc) is 2.64. The van der Waals surface area contributed by atoms with Crippen molar-refractivity contribution in [1.82, 2.24) is 10.9 Å². The molecule has 0 saturated heterocycles. The topological polar surface area (TPSA) is 62.4 Å². The minimum absolute atomic E-state index is 0.151. The zero-order chi connectivity index (χ0) is 18.8. The number of amides is 1. The number of carbonyl (C=O) groups excluding carboxylic acids is 1. The zero-order valence-corrected chi connectivity index (χ0v) is 16.1. The molecule has 138 valence electrons. The van der Waals surface area contributed by atoms with E-state index in [1.807, 2.05) is 12.1 Å². The van der Waals surface area contributed by atoms with Gasteiger partial charge in [0.05, 0.1) is 0 Å². The molecular weight excluding hydrogens is 370 g/mol. The van der Waals surface area contributed by atoms with Crippen molar-refractivity contribution in [3.05, 3.63) is 59.1 Å². The van der Waals surface area contributed by atoms with E-state index >= 15 is 0 Å². The van der Waals surface area contributed by atoms with Crippen molar-refractivity contribution in [3.63, 3.8) is 0 Å². The quantitative estimate of drug-likeness (QED) is 0.490. The minimum Gasteiger partial charge on any atom is -0.484 e. The van der Waals surface area contributed by atoms with Gasteiger partial charge in [0.1, 0.15) is 5.75 Å². The van der Waals surface area contributed by atoms with E-state index in [0.29, 0.717) is 15.9 Å². The molecule has 0 fully saturated rings. The number of carbonyl (C=O) groups is 1. The highest BCUT2D eigenvalue weighted by Crippen LogP contribution is 2.16. The maximum Gasteiger partial charge on any atom is 0.276 e. The van der Waals surface area contributed by atoms with Crippen molar-refractivity contribution in [2.75, 3.05) is 11.9 Å². The number of benzene rings is 2. The number of rotatable bonds is 7. The molecule has 26 heavy (non-hydrogen) atoms. The number of hydrogen-bond acceptors (Lipinski definition) is 3. The Bertz CT molecular complexity index is 738. The second-order valence-electron chi connectivity index (χ2n) is 5.67. The predicted octanol–water partition coefficient (Wildman–Crippen LogP) is 4.08. The Balaban J connectivity index is 1.69. The van der Waals surface area contributed by atoms with Gasteiger partial charge in [-0.1, -0.05) is 43.1 Å². The van der Waals surface area contributed by atoms with E-state index in [1.165, 1.54) is 18.4 Å². The summed E-state index contributed by atoms with van der Waals surface area (Å²) in [5, 5.41) is 3.85. The minimum atomic E-state index is -0.357. The highest BCUT2D eigenvalue weighted by Gasteiger charge is 2.04. The summed E-state index contributed by atoms with van der Waals surface area (Å²) in [6.45, 7) is 2.02. The summed E-state index contributed by atoms with van der Waals surface area (Å²) in [6, 6.07) is 14.9. The summed E-state index contributed by atoms with van der Waals surface area (Å²) in [5.41, 5.74) is 7.27. The van der Waals surface area contributed by atoms with E-state index < -0.39 is 0 Å². The van der Waals surface area contributed by atoms with Gasteiger partial charge in [0.25, 0.3) is 5.91 Å². The van der Waals surface area contributed by atoms with Crippen molar-refractivity contribution in [3.8, 4) is 5.75 Å². The summed E-state index contributed by atoms with van der Waals surface area (Å²) >= 11 is 11.0. The van der Waals surface area contributed by atoms with Crippen LogP contribution in [0.1, 0.15) is 25.3 Å². The van der Waals surface area contributed by atoms with Gasteiger partial charge >= 0.3 is 0 Å². The van der Waals surface area contributed by atoms with Crippen LogP contribution >= 0.6 is 23.8 Å². The lowest BCUT2D eigenvalue weighted by atomic mass is 10.1. The molecule has 5 nitrogen and oxygen atoms in total. The second kappa shape index (κ2) is 10.6. The number of ether oxygens (including phenoxy) is 1. The number of halogens is 1. The normalized spacial score (nSPS) is 10.1. The molecule has 0 atom stereocenters. The molecule has 0 aliphatic rings. The molecule has 2 aromatic rings. The Morgan fingerprint density at radius 1 is 1.15 bits per heavy atom. The fraction of sp³-hybridized carbons (Fsp3) is 0.263. The first-order valence-corrected chi connectivity index (χ1v) is 9.18. The smallest absolute Gasteiger partial charge is 0.276 e. The predicted molar refractivity (Wildman–Crippen MR) is 110 cm³/mol. The molecule has 0 bridgehead atoms. The first-order chi connectivity index (χ1) is 12.6. The first kappa shape index (κ1) is 20.0. The summed E-state index contributed by atoms with van der Waals surface area (Å²) in [5.74, 6) is 0.167. The number of aryl methyl sites for hydroxylation is 1. The number of hydrogen-bond donors (Lipinski definition) is 3. The standard InChI is InChI=1S/C19H22ClN3O2S/c1-2-3-5-14-8-10-16(11-9-14)21-19(26)23-22-18(24)13-25-17-7-4-6-15(20)12-17/h4,6-12H,2-3,5,13H2,1H3,(H,22,24)(H2,21,23,26). The van der Waals surface area contributed by atoms with Crippen LogP contribution in [0, 0.1) is 0 Å². The van der Waals surface area contributed by atoms with Crippen molar-refractivity contribution in [2.24, 2.45) is 0 Å². The van der Waals surface area contributed by atoms with Crippen LogP contribution in [0.4, 0.5) is 5.69 Å². The number of nitrogens with one attached hydrogen (secondary N) is 3. The third-order valence-corrected chi connectivity index (χ3v) is 3.95. The highest BCUT2D eigenvalue weighted by atomic mass is 35.5. The maximum absolute atomic E-state index is 11.8. The lowest BCUT2D eigenvalue weighted by Gasteiger charge is -2.12. The number of thiocarbonyl (C=S) groups is 1. The summed E-state index contributed by atoms with van der Waals surface area (Å²) in [6.07, 6.45) is 3.42. The number of unbranched alkanes of at least 4 members (excludes halogenated alkanes) is 1. The molecule has 2 rings (SSSR count). The van der Waals surface area contributed by atoms with E-state index in [-0.39, 0.29) is 12.5 Å². The average molecular weight is 392 g/mol. The van der Waals surface area contributed by atoms with Gasteiger partial charge in [0.15, 0.2) is 11.7 Å². The third kappa shape index (κ3) is 7.29. The Labute approximate surface area is 164 Å². The van der Waals surface area contributed by atoms with Crippen molar-refractivity contribution in [2.45, 2.75) is 26.2 Å². The molecule has 7 heteroatoms. The van der Waals surface area contributed by atoms with E-state index in [1.54, 1.807) is 24.3 Å². The van der Waals surface area contributed by atoms with E-state index in [2.05, 4.69) is 35.2 Å². The SMILES string of the molecule is CCCCc1ccc(NC(=S)NNC(=O)COc2cccc(Cl)c2)cc1. The van der Waals surface area contributed by atoms with E-state index in [4.69, 9.17) is 28.6 Å². The van der Waals surface area contributed by atoms with Crippen LogP contribution in [0.15, 0.2) is 48.5 Å². The van der Waals surface area contributed by atoms with Crippen molar-refractivity contribution in [1.29, 1.82) is 0 Å². The Hall–Kier alpha value is -2.31. The molecule has 0 spiro atoms. The van der Waals surface area contributed by atoms with E-state index in [0.717, 1.165) is 12.1 Å². The van der Waals surface area contributed by atoms with Crippen LogP contribution in [0.2, 0.25) is 5.02 Å². The Kier molecular flexibility index (Phi) is 8.18. The molecular formula is C19H22ClN3O2S. The van der Waals surface area contributed by atoms with Gasteiger partial charge < -0.3 is 10.1 Å². The van der Waals surface area contributed by atoms with Crippen LogP contribution in [0.3, 0.4) is 0 Å². The highest BCUT2D eigenvalue weighted by molar-refractivity contribution is 7.80. The van der Waals surface area contributed by atoms with Gasteiger partial charge in [-0.2, -0.15) is 0 Å².